The van der Waals surface area contributed by atoms with Gasteiger partial charge in [-0.25, -0.2) is 4.39 Å². The van der Waals surface area contributed by atoms with Crippen LogP contribution in [-0.4, -0.2) is 24.9 Å². The summed E-state index contributed by atoms with van der Waals surface area (Å²) in [5.41, 5.74) is 0.550. The Balaban J connectivity index is 1.92. The third-order valence-corrected chi connectivity index (χ3v) is 4.21. The van der Waals surface area contributed by atoms with Crippen LogP contribution in [0.2, 0.25) is 0 Å². The van der Waals surface area contributed by atoms with Crippen molar-refractivity contribution >= 4 is 23.2 Å². The molecule has 2 amide bonds. The fourth-order valence-corrected chi connectivity index (χ4v) is 2.92. The van der Waals surface area contributed by atoms with Crippen LogP contribution in [0, 0.1) is 17.7 Å². The minimum Gasteiger partial charge on any atom is -0.326 e. The van der Waals surface area contributed by atoms with Crippen molar-refractivity contribution in [1.82, 2.24) is 5.32 Å². The summed E-state index contributed by atoms with van der Waals surface area (Å²) in [4.78, 5) is 23.2. The third-order valence-electron chi connectivity index (χ3n) is 4.21. The summed E-state index contributed by atoms with van der Waals surface area (Å²) < 4.78 is 13.6. The number of carbonyl (C=O) groups is 2. The van der Waals surface area contributed by atoms with Gasteiger partial charge in [-0.15, -0.1) is 0 Å². The molecule has 1 saturated heterocycles. The second-order valence-corrected chi connectivity index (χ2v) is 6.21. The summed E-state index contributed by atoms with van der Waals surface area (Å²) >= 11 is 0. The Morgan fingerprint density at radius 1 is 1.39 bits per heavy atom. The predicted octanol–water partition coefficient (Wildman–Crippen LogP) is 2.75. The van der Waals surface area contributed by atoms with Gasteiger partial charge in [0.25, 0.3) is 0 Å². The maximum Gasteiger partial charge on any atom is 0.224 e. The highest BCUT2D eigenvalue weighted by atomic mass is 19.1. The molecule has 5 nitrogen and oxygen atoms in total. The number of piperidine rings is 1. The molecule has 1 heterocycles. The van der Waals surface area contributed by atoms with Gasteiger partial charge in [-0.3, -0.25) is 9.59 Å². The Kier molecular flexibility index (Phi) is 6.10. The lowest BCUT2D eigenvalue weighted by molar-refractivity contribution is -0.117. The van der Waals surface area contributed by atoms with E-state index in [4.69, 9.17) is 0 Å². The molecule has 23 heavy (non-hydrogen) atoms. The molecule has 1 aromatic rings. The largest absolute Gasteiger partial charge is 0.326 e. The molecule has 0 radical (unpaired) electrons. The minimum atomic E-state index is -0.528. The van der Waals surface area contributed by atoms with E-state index in [1.165, 1.54) is 25.1 Å². The van der Waals surface area contributed by atoms with Crippen LogP contribution in [0.25, 0.3) is 0 Å². The first-order valence-electron chi connectivity index (χ1n) is 8.03. The average molecular weight is 321 g/mol. The van der Waals surface area contributed by atoms with Crippen LogP contribution in [0.3, 0.4) is 0 Å². The van der Waals surface area contributed by atoms with Crippen LogP contribution in [0.15, 0.2) is 18.2 Å². The fourth-order valence-electron chi connectivity index (χ4n) is 2.92. The van der Waals surface area contributed by atoms with E-state index < -0.39 is 5.82 Å². The van der Waals surface area contributed by atoms with E-state index in [1.807, 2.05) is 0 Å². The topological polar surface area (TPSA) is 70.2 Å². The summed E-state index contributed by atoms with van der Waals surface area (Å²) in [5, 5.41) is 8.54. The average Bonchev–Trinajstić information content (AvgIpc) is 2.51. The second kappa shape index (κ2) is 8.06. The lowest BCUT2D eigenvalue weighted by atomic mass is 9.85. The molecule has 1 aliphatic heterocycles. The molecule has 2 atom stereocenters. The zero-order chi connectivity index (χ0) is 16.8. The van der Waals surface area contributed by atoms with E-state index in [-0.39, 0.29) is 23.4 Å². The zero-order valence-electron chi connectivity index (χ0n) is 13.6. The SMILES string of the molecule is CC(=O)Nc1cc(NC(=O)CC(C)C2CCCNC2)ccc1F. The van der Waals surface area contributed by atoms with Gasteiger partial charge < -0.3 is 16.0 Å². The normalized spacial score (nSPS) is 19.0. The number of hydrogen-bond acceptors (Lipinski definition) is 3. The molecule has 0 bridgehead atoms. The predicted molar refractivity (Wildman–Crippen MR) is 88.7 cm³/mol. The Labute approximate surface area is 136 Å². The van der Waals surface area contributed by atoms with Gasteiger partial charge in [-0.2, -0.15) is 0 Å². The van der Waals surface area contributed by atoms with Crippen molar-refractivity contribution in [1.29, 1.82) is 0 Å². The van der Waals surface area contributed by atoms with Gasteiger partial charge in [0.2, 0.25) is 11.8 Å². The van der Waals surface area contributed by atoms with Crippen molar-refractivity contribution < 1.29 is 14.0 Å². The van der Waals surface area contributed by atoms with E-state index in [9.17, 15) is 14.0 Å². The van der Waals surface area contributed by atoms with Crippen LogP contribution in [0.5, 0.6) is 0 Å². The van der Waals surface area contributed by atoms with Gasteiger partial charge >= 0.3 is 0 Å². The summed E-state index contributed by atoms with van der Waals surface area (Å²) in [6.07, 6.45) is 2.72. The molecule has 1 fully saturated rings. The molecular weight excluding hydrogens is 297 g/mol. The Morgan fingerprint density at radius 2 is 2.17 bits per heavy atom. The third kappa shape index (κ3) is 5.32. The van der Waals surface area contributed by atoms with Crippen molar-refractivity contribution in [2.75, 3.05) is 23.7 Å². The minimum absolute atomic E-state index is 0.0693. The smallest absolute Gasteiger partial charge is 0.224 e. The van der Waals surface area contributed by atoms with Crippen molar-refractivity contribution in [3.8, 4) is 0 Å². The molecular formula is C17H24FN3O2. The fraction of sp³-hybridized carbons (Fsp3) is 0.529. The first-order chi connectivity index (χ1) is 11.0. The first-order valence-corrected chi connectivity index (χ1v) is 8.03. The van der Waals surface area contributed by atoms with Crippen LogP contribution in [-0.2, 0) is 9.59 Å². The Hall–Kier alpha value is -1.95. The monoisotopic (exact) mass is 321 g/mol. The van der Waals surface area contributed by atoms with Crippen molar-refractivity contribution in [3.05, 3.63) is 24.0 Å². The number of nitrogens with one attached hydrogen (secondary N) is 3. The van der Waals surface area contributed by atoms with E-state index >= 15 is 0 Å². The van der Waals surface area contributed by atoms with Crippen LogP contribution >= 0.6 is 0 Å². The molecule has 0 aromatic heterocycles. The van der Waals surface area contributed by atoms with E-state index in [1.54, 1.807) is 0 Å². The van der Waals surface area contributed by atoms with Gasteiger partial charge in [-0.1, -0.05) is 6.92 Å². The van der Waals surface area contributed by atoms with Gasteiger partial charge in [0.1, 0.15) is 5.82 Å². The summed E-state index contributed by atoms with van der Waals surface area (Å²) in [6.45, 7) is 5.41. The summed E-state index contributed by atoms with van der Waals surface area (Å²) in [7, 11) is 0. The second-order valence-electron chi connectivity index (χ2n) is 6.21. The first kappa shape index (κ1) is 17.4. The Morgan fingerprint density at radius 3 is 2.83 bits per heavy atom. The Bertz CT molecular complexity index is 571. The quantitative estimate of drug-likeness (QED) is 0.781. The van der Waals surface area contributed by atoms with Crippen molar-refractivity contribution in [3.63, 3.8) is 0 Å². The maximum absolute atomic E-state index is 13.6. The highest BCUT2D eigenvalue weighted by Gasteiger charge is 2.22. The molecule has 2 rings (SSSR count). The molecule has 0 aliphatic carbocycles. The summed E-state index contributed by atoms with van der Waals surface area (Å²) in [6, 6.07) is 4.15. The van der Waals surface area contributed by atoms with Crippen molar-refractivity contribution in [2.45, 2.75) is 33.1 Å². The van der Waals surface area contributed by atoms with Crippen LogP contribution < -0.4 is 16.0 Å². The molecule has 1 aromatic carbocycles. The maximum atomic E-state index is 13.6. The zero-order valence-corrected chi connectivity index (χ0v) is 13.6. The van der Waals surface area contributed by atoms with Gasteiger partial charge in [-0.05, 0) is 56.0 Å². The number of rotatable bonds is 5. The molecule has 126 valence electrons. The van der Waals surface area contributed by atoms with Crippen LogP contribution in [0.1, 0.15) is 33.1 Å². The van der Waals surface area contributed by atoms with Crippen molar-refractivity contribution in [2.24, 2.45) is 11.8 Å². The lowest BCUT2D eigenvalue weighted by Gasteiger charge is -2.28. The van der Waals surface area contributed by atoms with Gasteiger partial charge in [0, 0.05) is 19.0 Å². The van der Waals surface area contributed by atoms with E-state index in [2.05, 4.69) is 22.9 Å². The number of amides is 2. The standard InChI is InChI=1S/C17H24FN3O2/c1-11(13-4-3-7-19-10-13)8-17(23)21-14-5-6-15(18)16(9-14)20-12(2)22/h5-6,9,11,13,19H,3-4,7-8,10H2,1-2H3,(H,20,22)(H,21,23). The molecule has 0 spiro atoms. The summed E-state index contributed by atoms with van der Waals surface area (Å²) in [5.74, 6) is -0.176. The molecule has 3 N–H and O–H groups in total. The van der Waals surface area contributed by atoms with Gasteiger partial charge in [0.15, 0.2) is 0 Å². The molecule has 0 saturated carbocycles. The lowest BCUT2D eigenvalue weighted by Crippen LogP contribution is -2.34. The number of carbonyl (C=O) groups excluding carboxylic acids is 2. The molecule has 2 unspecified atom stereocenters. The number of benzene rings is 1. The van der Waals surface area contributed by atoms with E-state index in [0.29, 0.717) is 18.0 Å². The molecule has 6 heteroatoms. The number of anilines is 2. The number of hydrogen-bond donors (Lipinski definition) is 3. The number of halogens is 1. The van der Waals surface area contributed by atoms with E-state index in [0.717, 1.165) is 25.9 Å². The molecule has 1 aliphatic rings. The highest BCUT2D eigenvalue weighted by Crippen LogP contribution is 2.24. The van der Waals surface area contributed by atoms with Gasteiger partial charge in [0.05, 0.1) is 5.69 Å². The van der Waals surface area contributed by atoms with Crippen LogP contribution in [0.4, 0.5) is 15.8 Å². The highest BCUT2D eigenvalue weighted by molar-refractivity contribution is 5.93.